The fourth-order valence-electron chi connectivity index (χ4n) is 5.22. The van der Waals surface area contributed by atoms with Gasteiger partial charge in [-0.3, -0.25) is 9.59 Å². The zero-order valence-corrected chi connectivity index (χ0v) is 20.1. The van der Waals surface area contributed by atoms with Gasteiger partial charge in [-0.25, -0.2) is 4.79 Å². The highest BCUT2D eigenvalue weighted by atomic mass is 16.4. The highest BCUT2D eigenvalue weighted by Crippen LogP contribution is 2.39. The second-order valence-electron chi connectivity index (χ2n) is 9.38. The van der Waals surface area contributed by atoms with E-state index in [9.17, 15) is 14.4 Å². The largest absolute Gasteiger partial charge is 0.460 e. The van der Waals surface area contributed by atoms with Crippen LogP contribution in [0.25, 0.3) is 33.1 Å². The molecular formula is C28H28N2O5. The molecule has 4 aromatic rings. The number of carbonyl (C=O) groups is 2. The SMILES string of the molecule is Cc1oc2c(C)c3oc(=O)c(CC(=O)N4CCC(C(N)=O)CC4)c(C)c3cc2c1-c1ccccc1. The average molecular weight is 473 g/mol. The van der Waals surface area contributed by atoms with Crippen molar-refractivity contribution in [3.05, 3.63) is 69.3 Å². The molecule has 180 valence electrons. The normalized spacial score (nSPS) is 14.7. The van der Waals surface area contributed by atoms with Gasteiger partial charge in [-0.2, -0.15) is 0 Å². The number of likely N-dealkylation sites (tertiary alicyclic amines) is 1. The van der Waals surface area contributed by atoms with Crippen molar-refractivity contribution in [1.29, 1.82) is 0 Å². The molecule has 0 saturated carbocycles. The fraction of sp³-hybridized carbons (Fsp3) is 0.321. The number of piperidine rings is 1. The number of hydrogen-bond donors (Lipinski definition) is 1. The molecule has 0 atom stereocenters. The first-order chi connectivity index (χ1) is 16.8. The predicted octanol–water partition coefficient (Wildman–Crippen LogP) is 4.40. The second-order valence-corrected chi connectivity index (χ2v) is 9.38. The summed E-state index contributed by atoms with van der Waals surface area (Å²) in [6, 6.07) is 12.0. The van der Waals surface area contributed by atoms with E-state index in [0.717, 1.165) is 38.8 Å². The number of nitrogens with two attached hydrogens (primary N) is 1. The molecule has 5 rings (SSSR count). The predicted molar refractivity (Wildman–Crippen MR) is 134 cm³/mol. The smallest absolute Gasteiger partial charge is 0.340 e. The molecule has 1 aliphatic rings. The lowest BCUT2D eigenvalue weighted by Gasteiger charge is -2.30. The second kappa shape index (κ2) is 8.73. The summed E-state index contributed by atoms with van der Waals surface area (Å²) in [5.74, 6) is 0.118. The molecule has 2 aromatic carbocycles. The van der Waals surface area contributed by atoms with E-state index in [1.165, 1.54) is 0 Å². The van der Waals surface area contributed by atoms with E-state index in [-0.39, 0.29) is 24.2 Å². The molecule has 2 aromatic heterocycles. The zero-order chi connectivity index (χ0) is 24.9. The summed E-state index contributed by atoms with van der Waals surface area (Å²) in [6.07, 6.45) is 1.05. The van der Waals surface area contributed by atoms with Crippen molar-refractivity contribution in [3.8, 4) is 11.1 Å². The summed E-state index contributed by atoms with van der Waals surface area (Å²) in [7, 11) is 0. The molecule has 1 fully saturated rings. The number of rotatable bonds is 4. The van der Waals surface area contributed by atoms with Gasteiger partial charge in [0.25, 0.3) is 0 Å². The van der Waals surface area contributed by atoms with Crippen LogP contribution in [0.5, 0.6) is 0 Å². The standard InChI is InChI=1S/C28H28N2O5/c1-15-20-13-22-24(18-7-5-4-6-8-18)17(3)34-26(22)16(2)25(20)35-28(33)21(15)14-23(31)30-11-9-19(10-12-30)27(29)32/h4-8,13,19H,9-12,14H2,1-3H3,(H2,29,32). The number of fused-ring (bicyclic) bond motifs is 2. The molecule has 0 aliphatic carbocycles. The zero-order valence-electron chi connectivity index (χ0n) is 20.1. The van der Waals surface area contributed by atoms with E-state index in [2.05, 4.69) is 0 Å². The summed E-state index contributed by atoms with van der Waals surface area (Å²) >= 11 is 0. The molecule has 3 heterocycles. The molecule has 0 radical (unpaired) electrons. The maximum absolute atomic E-state index is 13.0. The van der Waals surface area contributed by atoms with Crippen molar-refractivity contribution >= 4 is 33.8 Å². The molecule has 35 heavy (non-hydrogen) atoms. The van der Waals surface area contributed by atoms with Crippen molar-refractivity contribution in [1.82, 2.24) is 4.90 Å². The molecule has 0 bridgehead atoms. The van der Waals surface area contributed by atoms with Gasteiger partial charge in [0.05, 0.1) is 12.0 Å². The summed E-state index contributed by atoms with van der Waals surface area (Å²) in [6.45, 7) is 6.60. The Morgan fingerprint density at radius 2 is 1.63 bits per heavy atom. The lowest BCUT2D eigenvalue weighted by Crippen LogP contribution is -2.42. The summed E-state index contributed by atoms with van der Waals surface area (Å²) in [5.41, 5.74) is 9.97. The highest BCUT2D eigenvalue weighted by molar-refractivity contribution is 6.06. The Morgan fingerprint density at radius 3 is 2.29 bits per heavy atom. The molecule has 0 spiro atoms. The Bertz CT molecular complexity index is 1520. The first-order valence-electron chi connectivity index (χ1n) is 11.9. The van der Waals surface area contributed by atoms with E-state index < -0.39 is 5.63 Å². The van der Waals surface area contributed by atoms with Gasteiger partial charge in [-0.05, 0) is 50.8 Å². The maximum Gasteiger partial charge on any atom is 0.340 e. The molecule has 1 aliphatic heterocycles. The van der Waals surface area contributed by atoms with Crippen LogP contribution in [0.4, 0.5) is 0 Å². The third-order valence-electron chi connectivity index (χ3n) is 7.27. The number of benzene rings is 2. The van der Waals surface area contributed by atoms with Crippen molar-refractivity contribution < 1.29 is 18.4 Å². The van der Waals surface area contributed by atoms with Crippen molar-refractivity contribution in [2.24, 2.45) is 11.7 Å². The molecular weight excluding hydrogens is 444 g/mol. The minimum Gasteiger partial charge on any atom is -0.460 e. The summed E-state index contributed by atoms with van der Waals surface area (Å²) in [5, 5.41) is 1.74. The molecule has 2 amide bonds. The molecule has 7 heteroatoms. The van der Waals surface area contributed by atoms with E-state index in [4.69, 9.17) is 14.6 Å². The minimum absolute atomic E-state index is 0.0433. The van der Waals surface area contributed by atoms with E-state index >= 15 is 0 Å². The van der Waals surface area contributed by atoms with Crippen LogP contribution in [0.2, 0.25) is 0 Å². The Kier molecular flexibility index (Phi) is 5.71. The summed E-state index contributed by atoms with van der Waals surface area (Å²) in [4.78, 5) is 39.1. The van der Waals surface area contributed by atoms with Gasteiger partial charge >= 0.3 is 5.63 Å². The maximum atomic E-state index is 13.0. The minimum atomic E-state index is -0.510. The lowest BCUT2D eigenvalue weighted by molar-refractivity contribution is -0.134. The van der Waals surface area contributed by atoms with Gasteiger partial charge < -0.3 is 19.5 Å². The fourth-order valence-corrected chi connectivity index (χ4v) is 5.22. The Labute approximate surface area is 202 Å². The lowest BCUT2D eigenvalue weighted by atomic mass is 9.95. The number of carbonyl (C=O) groups excluding carboxylic acids is 2. The number of primary amides is 1. The Hall–Kier alpha value is -3.87. The Balaban J connectivity index is 1.57. The van der Waals surface area contributed by atoms with Crippen LogP contribution in [-0.2, 0) is 16.0 Å². The van der Waals surface area contributed by atoms with E-state index in [1.807, 2.05) is 57.2 Å². The van der Waals surface area contributed by atoms with Crippen molar-refractivity contribution in [2.45, 2.75) is 40.0 Å². The average Bonchev–Trinajstić information content (AvgIpc) is 3.19. The van der Waals surface area contributed by atoms with Gasteiger partial charge in [0.2, 0.25) is 11.8 Å². The van der Waals surface area contributed by atoms with Crippen LogP contribution >= 0.6 is 0 Å². The molecule has 1 saturated heterocycles. The Morgan fingerprint density at radius 1 is 0.971 bits per heavy atom. The molecule has 2 N–H and O–H groups in total. The number of amides is 2. The van der Waals surface area contributed by atoms with Crippen molar-refractivity contribution in [3.63, 3.8) is 0 Å². The van der Waals surface area contributed by atoms with Crippen LogP contribution in [0.15, 0.2) is 50.0 Å². The first kappa shape index (κ1) is 22.9. The van der Waals surface area contributed by atoms with Gasteiger partial charge in [0, 0.05) is 40.9 Å². The van der Waals surface area contributed by atoms with E-state index in [0.29, 0.717) is 42.7 Å². The van der Waals surface area contributed by atoms with Crippen LogP contribution in [0.1, 0.15) is 35.3 Å². The van der Waals surface area contributed by atoms with Crippen LogP contribution < -0.4 is 11.4 Å². The monoisotopic (exact) mass is 472 g/mol. The van der Waals surface area contributed by atoms with Gasteiger partial charge in [-0.15, -0.1) is 0 Å². The van der Waals surface area contributed by atoms with Crippen LogP contribution in [0.3, 0.4) is 0 Å². The number of furan rings is 1. The third-order valence-corrected chi connectivity index (χ3v) is 7.27. The third kappa shape index (κ3) is 3.91. The van der Waals surface area contributed by atoms with Gasteiger partial charge in [0.1, 0.15) is 16.9 Å². The first-order valence-corrected chi connectivity index (χ1v) is 11.9. The number of aryl methyl sites for hydroxylation is 3. The van der Waals surface area contributed by atoms with Crippen LogP contribution in [-0.4, -0.2) is 29.8 Å². The number of hydrogen-bond acceptors (Lipinski definition) is 5. The van der Waals surface area contributed by atoms with Gasteiger partial charge in [-0.1, -0.05) is 30.3 Å². The van der Waals surface area contributed by atoms with Gasteiger partial charge in [0.15, 0.2) is 0 Å². The topological polar surface area (TPSA) is 107 Å². The summed E-state index contributed by atoms with van der Waals surface area (Å²) < 4.78 is 11.9. The molecule has 7 nitrogen and oxygen atoms in total. The highest BCUT2D eigenvalue weighted by Gasteiger charge is 2.27. The quantitative estimate of drug-likeness (QED) is 0.443. The van der Waals surface area contributed by atoms with Crippen molar-refractivity contribution in [2.75, 3.05) is 13.1 Å². The molecule has 0 unspecified atom stereocenters. The van der Waals surface area contributed by atoms with Crippen LogP contribution in [0, 0.1) is 26.7 Å². The van der Waals surface area contributed by atoms with E-state index in [1.54, 1.807) is 4.90 Å². The number of nitrogens with zero attached hydrogens (tertiary/aromatic N) is 1.